The minimum atomic E-state index is -0.214. The Labute approximate surface area is 181 Å². The second kappa shape index (κ2) is 7.70. The molecular formula is C25H15ClN2O3. The number of aromatic nitrogens is 2. The Balaban J connectivity index is 1.71. The van der Waals surface area contributed by atoms with Crippen LogP contribution in [0.15, 0.2) is 93.1 Å². The molecule has 0 bridgehead atoms. The first-order chi connectivity index (χ1) is 15.1. The standard InChI is InChI=1S/C25H15ClN2O3/c26-17-11-12-22-20(14-17)24(29)16(15-31-22)10-13-23-27-21-9-5-4-8-19(21)25(30)28(23)18-6-2-1-3-7-18/h1-15H/b13-10-. The van der Waals surface area contributed by atoms with Crippen molar-refractivity contribution in [3.63, 3.8) is 0 Å². The summed E-state index contributed by atoms with van der Waals surface area (Å²) in [5.74, 6) is 0.403. The lowest BCUT2D eigenvalue weighted by Gasteiger charge is -2.11. The normalized spacial score (nSPS) is 11.5. The zero-order chi connectivity index (χ0) is 21.4. The van der Waals surface area contributed by atoms with Crippen LogP contribution < -0.4 is 11.0 Å². The predicted octanol–water partition coefficient (Wildman–Crippen LogP) is 5.32. The summed E-state index contributed by atoms with van der Waals surface area (Å²) in [7, 11) is 0. The van der Waals surface area contributed by atoms with Crippen LogP contribution in [-0.4, -0.2) is 9.55 Å². The van der Waals surface area contributed by atoms with Gasteiger partial charge in [0, 0.05) is 5.02 Å². The minimum Gasteiger partial charge on any atom is -0.463 e. The molecule has 0 atom stereocenters. The lowest BCUT2D eigenvalue weighted by Crippen LogP contribution is -2.22. The van der Waals surface area contributed by atoms with Gasteiger partial charge in [0.25, 0.3) is 5.56 Å². The van der Waals surface area contributed by atoms with E-state index in [4.69, 9.17) is 16.0 Å². The molecule has 5 nitrogen and oxygen atoms in total. The highest BCUT2D eigenvalue weighted by molar-refractivity contribution is 6.31. The van der Waals surface area contributed by atoms with Crippen LogP contribution in [0.4, 0.5) is 0 Å². The van der Waals surface area contributed by atoms with Crippen molar-refractivity contribution >= 4 is 45.6 Å². The third-order valence-electron chi connectivity index (χ3n) is 4.99. The molecule has 2 aromatic heterocycles. The van der Waals surface area contributed by atoms with Crippen LogP contribution in [0, 0.1) is 0 Å². The number of benzene rings is 3. The van der Waals surface area contributed by atoms with Crippen molar-refractivity contribution < 1.29 is 4.42 Å². The topological polar surface area (TPSA) is 65.1 Å². The maximum Gasteiger partial charge on any atom is 0.266 e. The number of halogens is 1. The molecule has 0 fully saturated rings. The summed E-state index contributed by atoms with van der Waals surface area (Å²) in [6, 6.07) is 21.3. The van der Waals surface area contributed by atoms with Crippen molar-refractivity contribution in [2.45, 2.75) is 0 Å². The molecule has 0 aliphatic carbocycles. The van der Waals surface area contributed by atoms with Gasteiger partial charge in [-0.2, -0.15) is 0 Å². The fourth-order valence-corrected chi connectivity index (χ4v) is 3.66. The van der Waals surface area contributed by atoms with Gasteiger partial charge in [-0.05, 0) is 54.6 Å². The van der Waals surface area contributed by atoms with E-state index >= 15 is 0 Å². The van der Waals surface area contributed by atoms with Gasteiger partial charge in [-0.25, -0.2) is 4.98 Å². The number of nitrogens with zero attached hydrogens (tertiary/aromatic N) is 2. The van der Waals surface area contributed by atoms with Crippen molar-refractivity contribution in [1.29, 1.82) is 0 Å². The first-order valence-corrected chi connectivity index (χ1v) is 9.96. The van der Waals surface area contributed by atoms with Crippen LogP contribution in [0.2, 0.25) is 5.02 Å². The molecule has 0 aliphatic heterocycles. The monoisotopic (exact) mass is 426 g/mol. The van der Waals surface area contributed by atoms with Crippen molar-refractivity contribution in [2.24, 2.45) is 0 Å². The molecule has 0 unspecified atom stereocenters. The molecule has 0 radical (unpaired) electrons. The molecule has 3 aromatic carbocycles. The van der Waals surface area contributed by atoms with E-state index in [2.05, 4.69) is 4.98 Å². The predicted molar refractivity (Wildman–Crippen MR) is 124 cm³/mol. The van der Waals surface area contributed by atoms with E-state index in [0.29, 0.717) is 44.0 Å². The summed E-state index contributed by atoms with van der Waals surface area (Å²) in [5.41, 5.74) is 1.65. The first kappa shape index (κ1) is 19.0. The number of rotatable bonds is 3. The molecule has 0 saturated carbocycles. The van der Waals surface area contributed by atoms with E-state index in [-0.39, 0.29) is 11.0 Å². The van der Waals surface area contributed by atoms with Gasteiger partial charge in [-0.15, -0.1) is 0 Å². The largest absolute Gasteiger partial charge is 0.463 e. The van der Waals surface area contributed by atoms with Gasteiger partial charge in [0.05, 0.1) is 27.5 Å². The highest BCUT2D eigenvalue weighted by atomic mass is 35.5. The van der Waals surface area contributed by atoms with Crippen LogP contribution in [0.5, 0.6) is 0 Å². The van der Waals surface area contributed by atoms with Crippen molar-refractivity contribution in [2.75, 3.05) is 0 Å². The van der Waals surface area contributed by atoms with E-state index in [9.17, 15) is 9.59 Å². The Bertz CT molecular complexity index is 1580. The smallest absolute Gasteiger partial charge is 0.266 e. The fourth-order valence-electron chi connectivity index (χ4n) is 3.49. The van der Waals surface area contributed by atoms with E-state index in [1.807, 2.05) is 42.5 Å². The average molecular weight is 427 g/mol. The van der Waals surface area contributed by atoms with E-state index in [0.717, 1.165) is 0 Å². The van der Waals surface area contributed by atoms with Crippen molar-refractivity contribution in [3.05, 3.63) is 116 Å². The zero-order valence-corrected chi connectivity index (χ0v) is 16.9. The first-order valence-electron chi connectivity index (χ1n) is 9.58. The third kappa shape index (κ3) is 3.45. The molecule has 0 saturated heterocycles. The summed E-state index contributed by atoms with van der Waals surface area (Å²) < 4.78 is 7.10. The molecule has 31 heavy (non-hydrogen) atoms. The van der Waals surface area contributed by atoms with Gasteiger partial charge in [0.2, 0.25) is 0 Å². The maximum atomic E-state index is 13.2. The van der Waals surface area contributed by atoms with Gasteiger partial charge in [0.15, 0.2) is 5.43 Å². The van der Waals surface area contributed by atoms with Gasteiger partial charge < -0.3 is 4.42 Å². The zero-order valence-electron chi connectivity index (χ0n) is 16.2. The van der Waals surface area contributed by atoms with Gasteiger partial charge in [-0.1, -0.05) is 41.9 Å². The van der Waals surface area contributed by atoms with Crippen LogP contribution in [-0.2, 0) is 0 Å². The molecule has 6 heteroatoms. The lowest BCUT2D eigenvalue weighted by atomic mass is 10.1. The SMILES string of the molecule is O=c1c(/C=C\c2nc3ccccc3c(=O)n2-c2ccccc2)coc2ccc(Cl)cc12. The summed E-state index contributed by atoms with van der Waals surface area (Å²) in [6.45, 7) is 0. The summed E-state index contributed by atoms with van der Waals surface area (Å²) >= 11 is 6.03. The summed E-state index contributed by atoms with van der Waals surface area (Å²) in [6.07, 6.45) is 4.63. The summed E-state index contributed by atoms with van der Waals surface area (Å²) in [4.78, 5) is 30.8. The maximum absolute atomic E-state index is 13.2. The van der Waals surface area contributed by atoms with E-state index in [1.165, 1.54) is 10.8 Å². The second-order valence-corrected chi connectivity index (χ2v) is 7.39. The summed E-state index contributed by atoms with van der Waals surface area (Å²) in [5, 5.41) is 1.36. The molecule has 0 N–H and O–H groups in total. The quantitative estimate of drug-likeness (QED) is 0.392. The highest BCUT2D eigenvalue weighted by Crippen LogP contribution is 2.19. The fraction of sp³-hybridized carbons (Fsp3) is 0. The Hall–Kier alpha value is -3.96. The van der Waals surface area contributed by atoms with Gasteiger partial charge in [0.1, 0.15) is 17.7 Å². The molecule has 0 spiro atoms. The Morgan fingerprint density at radius 2 is 1.65 bits per heavy atom. The van der Waals surface area contributed by atoms with Crippen LogP contribution in [0.3, 0.4) is 0 Å². The molecule has 0 amide bonds. The third-order valence-corrected chi connectivity index (χ3v) is 5.22. The molecule has 5 aromatic rings. The molecule has 150 valence electrons. The number of para-hydroxylation sites is 2. The van der Waals surface area contributed by atoms with Gasteiger partial charge >= 0.3 is 0 Å². The number of hydrogen-bond acceptors (Lipinski definition) is 4. The molecule has 0 aliphatic rings. The minimum absolute atomic E-state index is 0.186. The van der Waals surface area contributed by atoms with Gasteiger partial charge in [-0.3, -0.25) is 14.2 Å². The average Bonchev–Trinajstić information content (AvgIpc) is 2.80. The Morgan fingerprint density at radius 3 is 2.48 bits per heavy atom. The lowest BCUT2D eigenvalue weighted by molar-refractivity contribution is 0.601. The number of hydrogen-bond donors (Lipinski definition) is 0. The second-order valence-electron chi connectivity index (χ2n) is 6.96. The van der Waals surface area contributed by atoms with Crippen molar-refractivity contribution in [1.82, 2.24) is 9.55 Å². The van der Waals surface area contributed by atoms with Crippen LogP contribution in [0.1, 0.15) is 11.4 Å². The van der Waals surface area contributed by atoms with Crippen LogP contribution in [0.25, 0.3) is 39.7 Å². The Kier molecular flexibility index (Phi) is 4.73. The van der Waals surface area contributed by atoms with E-state index < -0.39 is 0 Å². The molecule has 5 rings (SSSR count). The highest BCUT2D eigenvalue weighted by Gasteiger charge is 2.11. The Morgan fingerprint density at radius 1 is 0.871 bits per heavy atom. The number of fused-ring (bicyclic) bond motifs is 2. The van der Waals surface area contributed by atoms with E-state index in [1.54, 1.807) is 42.5 Å². The molecular weight excluding hydrogens is 412 g/mol. The molecule has 2 heterocycles. The van der Waals surface area contributed by atoms with Crippen LogP contribution >= 0.6 is 11.6 Å². The van der Waals surface area contributed by atoms with Crippen molar-refractivity contribution in [3.8, 4) is 5.69 Å².